The first-order chi connectivity index (χ1) is 9.63. The first-order valence-corrected chi connectivity index (χ1v) is 8.29. The van der Waals surface area contributed by atoms with Crippen LogP contribution in [0.1, 0.15) is 45.4 Å². The van der Waals surface area contributed by atoms with Crippen molar-refractivity contribution in [2.75, 3.05) is 13.6 Å². The number of hydrogen-bond acceptors (Lipinski definition) is 3. The Hall–Kier alpha value is -0.830. The van der Waals surface area contributed by atoms with Crippen molar-refractivity contribution in [3.63, 3.8) is 0 Å². The summed E-state index contributed by atoms with van der Waals surface area (Å²) < 4.78 is 0. The van der Waals surface area contributed by atoms with Crippen LogP contribution >= 0.6 is 0 Å². The largest absolute Gasteiger partial charge is 0.388 e. The summed E-state index contributed by atoms with van der Waals surface area (Å²) in [6.07, 6.45) is 10.9. The summed E-state index contributed by atoms with van der Waals surface area (Å²) in [5.74, 6) is 2.77. The average molecular weight is 276 g/mol. The van der Waals surface area contributed by atoms with E-state index in [1.54, 1.807) is 6.08 Å². The van der Waals surface area contributed by atoms with E-state index < -0.39 is 0 Å². The van der Waals surface area contributed by atoms with Crippen LogP contribution in [0.15, 0.2) is 12.3 Å². The van der Waals surface area contributed by atoms with E-state index in [-0.39, 0.29) is 5.78 Å². The number of nitrogens with one attached hydrogen (secondary N) is 1. The lowest BCUT2D eigenvalue weighted by Gasteiger charge is -2.49. The summed E-state index contributed by atoms with van der Waals surface area (Å²) in [6, 6.07) is 1.16. The van der Waals surface area contributed by atoms with Gasteiger partial charge in [0.2, 0.25) is 0 Å². The fraction of sp³-hybridized carbons (Fsp3) is 0.824. The molecule has 3 aliphatic rings. The Morgan fingerprint density at radius 3 is 3.05 bits per heavy atom. The molecule has 0 spiro atoms. The van der Waals surface area contributed by atoms with E-state index in [4.69, 9.17) is 0 Å². The molecule has 0 aromatic heterocycles. The summed E-state index contributed by atoms with van der Waals surface area (Å²) in [5, 5.41) is 3.40. The molecule has 3 rings (SSSR count). The van der Waals surface area contributed by atoms with Gasteiger partial charge in [-0.15, -0.1) is 0 Å². The fourth-order valence-electron chi connectivity index (χ4n) is 4.80. The molecule has 0 unspecified atom stereocenters. The number of hydrogen-bond donors (Lipinski definition) is 1. The first kappa shape index (κ1) is 14.1. The molecule has 0 radical (unpaired) electrons. The number of piperidine rings is 1. The highest BCUT2D eigenvalue weighted by Gasteiger charge is 2.40. The van der Waals surface area contributed by atoms with Crippen molar-refractivity contribution in [1.29, 1.82) is 0 Å². The lowest BCUT2D eigenvalue weighted by Crippen LogP contribution is -2.50. The summed E-state index contributed by atoms with van der Waals surface area (Å²) in [5.41, 5.74) is 0. The Balaban J connectivity index is 1.67. The van der Waals surface area contributed by atoms with Gasteiger partial charge in [-0.1, -0.05) is 6.92 Å². The predicted molar refractivity (Wildman–Crippen MR) is 81.3 cm³/mol. The Kier molecular flexibility index (Phi) is 4.16. The molecule has 1 N–H and O–H groups in total. The SMILES string of the molecule is C[C@@H]1C[C@@H](C[C@@H]2CC(=O)C=CN2)[C@H]2CCCN(C)[C@@H]2C1. The lowest BCUT2D eigenvalue weighted by atomic mass is 9.66. The molecule has 2 heterocycles. The van der Waals surface area contributed by atoms with E-state index in [0.29, 0.717) is 12.5 Å². The van der Waals surface area contributed by atoms with Gasteiger partial charge in [0, 0.05) is 24.7 Å². The third-order valence-corrected chi connectivity index (χ3v) is 5.70. The van der Waals surface area contributed by atoms with Crippen LogP contribution in [-0.2, 0) is 4.79 Å². The minimum atomic E-state index is 0.287. The van der Waals surface area contributed by atoms with Gasteiger partial charge >= 0.3 is 0 Å². The Bertz CT molecular complexity index is 392. The van der Waals surface area contributed by atoms with Crippen molar-refractivity contribution in [2.24, 2.45) is 17.8 Å². The maximum absolute atomic E-state index is 11.6. The minimum Gasteiger partial charge on any atom is -0.388 e. The molecule has 1 saturated carbocycles. The zero-order chi connectivity index (χ0) is 14.1. The molecule has 0 aromatic rings. The maximum Gasteiger partial charge on any atom is 0.159 e. The van der Waals surface area contributed by atoms with Gasteiger partial charge in [-0.25, -0.2) is 0 Å². The van der Waals surface area contributed by atoms with Gasteiger partial charge in [-0.05, 0) is 69.5 Å². The molecule has 2 aliphatic heterocycles. The second kappa shape index (κ2) is 5.88. The van der Waals surface area contributed by atoms with E-state index in [0.717, 1.165) is 23.8 Å². The second-order valence-electron chi connectivity index (χ2n) is 7.29. The van der Waals surface area contributed by atoms with Crippen molar-refractivity contribution < 1.29 is 4.79 Å². The number of fused-ring (bicyclic) bond motifs is 1. The van der Waals surface area contributed by atoms with Crippen LogP contribution < -0.4 is 5.32 Å². The average Bonchev–Trinajstić information content (AvgIpc) is 2.40. The number of carbonyl (C=O) groups excluding carboxylic acids is 1. The van der Waals surface area contributed by atoms with Crippen LogP contribution in [0, 0.1) is 17.8 Å². The van der Waals surface area contributed by atoms with E-state index in [2.05, 4.69) is 24.2 Å². The van der Waals surface area contributed by atoms with Gasteiger partial charge in [0.25, 0.3) is 0 Å². The summed E-state index contributed by atoms with van der Waals surface area (Å²) in [4.78, 5) is 14.2. The summed E-state index contributed by atoms with van der Waals surface area (Å²) >= 11 is 0. The van der Waals surface area contributed by atoms with E-state index in [9.17, 15) is 4.79 Å². The molecule has 1 aliphatic carbocycles. The first-order valence-electron chi connectivity index (χ1n) is 8.29. The van der Waals surface area contributed by atoms with Gasteiger partial charge in [-0.2, -0.15) is 0 Å². The van der Waals surface area contributed by atoms with Crippen molar-refractivity contribution in [3.05, 3.63) is 12.3 Å². The highest BCUT2D eigenvalue weighted by Crippen LogP contribution is 2.43. The van der Waals surface area contributed by atoms with Crippen LogP contribution in [-0.4, -0.2) is 36.4 Å². The quantitative estimate of drug-likeness (QED) is 0.841. The number of ketones is 1. The number of carbonyl (C=O) groups is 1. The van der Waals surface area contributed by atoms with Gasteiger partial charge in [0.05, 0.1) is 0 Å². The van der Waals surface area contributed by atoms with Crippen LogP contribution in [0.5, 0.6) is 0 Å². The number of allylic oxidation sites excluding steroid dienone is 1. The highest BCUT2D eigenvalue weighted by atomic mass is 16.1. The van der Waals surface area contributed by atoms with Crippen molar-refractivity contribution in [1.82, 2.24) is 10.2 Å². The van der Waals surface area contributed by atoms with Crippen LogP contribution in [0.4, 0.5) is 0 Å². The second-order valence-corrected chi connectivity index (χ2v) is 7.29. The van der Waals surface area contributed by atoms with E-state index >= 15 is 0 Å². The molecule has 0 aromatic carbocycles. The fourth-order valence-corrected chi connectivity index (χ4v) is 4.80. The molecule has 2 fully saturated rings. The molecule has 20 heavy (non-hydrogen) atoms. The third-order valence-electron chi connectivity index (χ3n) is 5.70. The number of rotatable bonds is 2. The Labute approximate surface area is 122 Å². The van der Waals surface area contributed by atoms with Gasteiger partial charge in [0.1, 0.15) is 0 Å². The topological polar surface area (TPSA) is 32.3 Å². The summed E-state index contributed by atoms with van der Waals surface area (Å²) in [7, 11) is 2.30. The molecule has 0 bridgehead atoms. The zero-order valence-corrected chi connectivity index (χ0v) is 12.8. The molecule has 112 valence electrons. The van der Waals surface area contributed by atoms with Crippen LogP contribution in [0.2, 0.25) is 0 Å². The van der Waals surface area contributed by atoms with Crippen molar-refractivity contribution in [2.45, 2.75) is 57.5 Å². The van der Waals surface area contributed by atoms with Crippen LogP contribution in [0.25, 0.3) is 0 Å². The standard InChI is InChI=1S/C17H28N2O/c1-12-8-13(10-14-11-15(20)5-6-18-14)16-4-3-7-19(2)17(16)9-12/h5-6,12-14,16-18H,3-4,7-11H2,1-2H3/t12-,13+,14-,16-,17-/m1/s1. The molecule has 1 saturated heterocycles. The predicted octanol–water partition coefficient (Wildman–Crippen LogP) is 2.58. The normalized spacial score (nSPS) is 42.1. The molecule has 5 atom stereocenters. The van der Waals surface area contributed by atoms with E-state index in [1.807, 2.05) is 6.20 Å². The molecule has 3 heteroatoms. The lowest BCUT2D eigenvalue weighted by molar-refractivity contribution is -0.115. The molecule has 3 nitrogen and oxygen atoms in total. The molecular weight excluding hydrogens is 248 g/mol. The van der Waals surface area contributed by atoms with Gasteiger partial charge in [0.15, 0.2) is 5.78 Å². The monoisotopic (exact) mass is 276 g/mol. The van der Waals surface area contributed by atoms with Gasteiger partial charge < -0.3 is 10.2 Å². The Morgan fingerprint density at radius 2 is 2.25 bits per heavy atom. The highest BCUT2D eigenvalue weighted by molar-refractivity contribution is 5.90. The molecule has 0 amide bonds. The third kappa shape index (κ3) is 2.93. The maximum atomic E-state index is 11.6. The number of likely N-dealkylation sites (tertiary alicyclic amines) is 1. The smallest absolute Gasteiger partial charge is 0.159 e. The van der Waals surface area contributed by atoms with Crippen LogP contribution in [0.3, 0.4) is 0 Å². The Morgan fingerprint density at radius 1 is 1.40 bits per heavy atom. The van der Waals surface area contributed by atoms with Crippen molar-refractivity contribution in [3.8, 4) is 0 Å². The molecular formula is C17H28N2O. The minimum absolute atomic E-state index is 0.287. The summed E-state index contributed by atoms with van der Waals surface area (Å²) in [6.45, 7) is 3.68. The zero-order valence-electron chi connectivity index (χ0n) is 12.8. The van der Waals surface area contributed by atoms with E-state index in [1.165, 1.54) is 38.6 Å². The van der Waals surface area contributed by atoms with Gasteiger partial charge in [-0.3, -0.25) is 4.79 Å². The number of nitrogens with zero attached hydrogens (tertiary/aromatic N) is 1. The van der Waals surface area contributed by atoms with Crippen molar-refractivity contribution >= 4 is 5.78 Å².